The van der Waals surface area contributed by atoms with Crippen LogP contribution in [0.5, 0.6) is 5.75 Å². The molecule has 6 nitrogen and oxygen atoms in total. The molecule has 4 rings (SSSR count). The number of anilines is 1. The molecule has 33 heavy (non-hydrogen) atoms. The maximum Gasteiger partial charge on any atom is 0.292 e. The van der Waals surface area contributed by atoms with Crippen molar-refractivity contribution < 1.29 is 13.9 Å². The van der Waals surface area contributed by atoms with Crippen molar-refractivity contribution >= 4 is 34.9 Å². The minimum atomic E-state index is -0.400. The number of halogens is 2. The van der Waals surface area contributed by atoms with E-state index in [9.17, 15) is 4.79 Å². The third-order valence-electron chi connectivity index (χ3n) is 4.82. The Morgan fingerprint density at radius 1 is 1.12 bits per heavy atom. The Labute approximate surface area is 201 Å². The van der Waals surface area contributed by atoms with E-state index in [1.165, 1.54) is 0 Å². The van der Waals surface area contributed by atoms with Crippen LogP contribution in [0.25, 0.3) is 0 Å². The summed E-state index contributed by atoms with van der Waals surface area (Å²) >= 11 is 12.2. The number of hydrogen-bond donors (Lipinski definition) is 1. The summed E-state index contributed by atoms with van der Waals surface area (Å²) in [7, 11) is 0. The number of nitrogens with zero attached hydrogens (tertiary/aromatic N) is 2. The fraction of sp³-hybridized carbons (Fsp3) is 0.120. The highest BCUT2D eigenvalue weighted by atomic mass is 35.5. The van der Waals surface area contributed by atoms with Gasteiger partial charge >= 0.3 is 0 Å². The number of aromatic nitrogens is 2. The van der Waals surface area contributed by atoms with Crippen LogP contribution < -0.4 is 10.1 Å². The predicted octanol–water partition coefficient (Wildman–Crippen LogP) is 6.39. The van der Waals surface area contributed by atoms with Gasteiger partial charge in [0.2, 0.25) is 0 Å². The third-order valence-corrected chi connectivity index (χ3v) is 5.41. The second-order valence-electron chi connectivity index (χ2n) is 7.24. The number of carbonyl (C=O) groups is 1. The number of rotatable bonds is 9. The molecule has 0 radical (unpaired) electrons. The van der Waals surface area contributed by atoms with Crippen LogP contribution in [0.1, 0.15) is 27.4 Å². The van der Waals surface area contributed by atoms with Crippen molar-refractivity contribution in [3.8, 4) is 5.75 Å². The number of hydrogen-bond acceptors (Lipinski definition) is 4. The van der Waals surface area contributed by atoms with Gasteiger partial charge in [0.1, 0.15) is 18.1 Å². The molecule has 0 saturated heterocycles. The molecular formula is C25H21Cl2N3O3. The summed E-state index contributed by atoms with van der Waals surface area (Å²) < 4.78 is 13.2. The van der Waals surface area contributed by atoms with Crippen LogP contribution in [-0.2, 0) is 19.6 Å². The highest BCUT2D eigenvalue weighted by molar-refractivity contribution is 6.35. The topological polar surface area (TPSA) is 69.3 Å². The van der Waals surface area contributed by atoms with Crippen LogP contribution in [0, 0.1) is 0 Å². The van der Waals surface area contributed by atoms with Gasteiger partial charge in [-0.05, 0) is 47.9 Å². The second kappa shape index (κ2) is 10.4. The number of para-hydroxylation sites is 1. The molecule has 0 bridgehead atoms. The standard InChI is InChI=1S/C25H21Cl2N3O3/c1-2-5-17-6-3-4-7-22(17)32-16-20-10-11-23(33-20)25(31)28-24-12-13-30(29-24)15-18-8-9-19(26)14-21(18)27/h2-4,6-14H,1,5,15-16H2,(H,28,29,31). The molecule has 0 atom stereocenters. The zero-order valence-electron chi connectivity index (χ0n) is 17.6. The predicted molar refractivity (Wildman–Crippen MR) is 129 cm³/mol. The highest BCUT2D eigenvalue weighted by Crippen LogP contribution is 2.23. The first-order valence-electron chi connectivity index (χ1n) is 10.2. The summed E-state index contributed by atoms with van der Waals surface area (Å²) in [6, 6.07) is 18.0. The lowest BCUT2D eigenvalue weighted by molar-refractivity contribution is 0.0992. The molecule has 2 aromatic carbocycles. The number of carbonyl (C=O) groups excluding carboxylic acids is 1. The molecular weight excluding hydrogens is 461 g/mol. The third kappa shape index (κ3) is 5.86. The largest absolute Gasteiger partial charge is 0.485 e. The van der Waals surface area contributed by atoms with Gasteiger partial charge in [-0.15, -0.1) is 6.58 Å². The van der Waals surface area contributed by atoms with E-state index in [1.807, 2.05) is 36.4 Å². The van der Waals surface area contributed by atoms with Crippen molar-refractivity contribution in [3.63, 3.8) is 0 Å². The van der Waals surface area contributed by atoms with Gasteiger partial charge in [0.15, 0.2) is 11.6 Å². The van der Waals surface area contributed by atoms with Crippen LogP contribution in [0.15, 0.2) is 83.9 Å². The molecule has 4 aromatic rings. The normalized spacial score (nSPS) is 10.7. The molecule has 0 saturated carbocycles. The van der Waals surface area contributed by atoms with Crippen molar-refractivity contribution in [2.45, 2.75) is 19.6 Å². The molecule has 0 aliphatic rings. The lowest BCUT2D eigenvalue weighted by Crippen LogP contribution is -2.12. The Kier molecular flexibility index (Phi) is 7.17. The van der Waals surface area contributed by atoms with E-state index >= 15 is 0 Å². The van der Waals surface area contributed by atoms with E-state index in [4.69, 9.17) is 32.4 Å². The Bertz CT molecular complexity index is 1280. The number of amides is 1. The van der Waals surface area contributed by atoms with Crippen molar-refractivity contribution in [1.29, 1.82) is 0 Å². The monoisotopic (exact) mass is 481 g/mol. The van der Waals surface area contributed by atoms with E-state index in [0.29, 0.717) is 34.6 Å². The van der Waals surface area contributed by atoms with Crippen LogP contribution in [0.4, 0.5) is 5.82 Å². The summed E-state index contributed by atoms with van der Waals surface area (Å²) in [5, 5.41) is 8.22. The lowest BCUT2D eigenvalue weighted by Gasteiger charge is -2.08. The van der Waals surface area contributed by atoms with Gasteiger partial charge < -0.3 is 14.5 Å². The summed E-state index contributed by atoms with van der Waals surface area (Å²) in [5.41, 5.74) is 1.90. The molecule has 0 fully saturated rings. The van der Waals surface area contributed by atoms with Gasteiger partial charge in [-0.25, -0.2) is 0 Å². The van der Waals surface area contributed by atoms with Gasteiger partial charge in [-0.2, -0.15) is 5.10 Å². The summed E-state index contributed by atoms with van der Waals surface area (Å²) in [4.78, 5) is 12.6. The first-order valence-corrected chi connectivity index (χ1v) is 11.0. The maximum atomic E-state index is 12.6. The quantitative estimate of drug-likeness (QED) is 0.281. The van der Waals surface area contributed by atoms with Gasteiger partial charge in [-0.1, -0.05) is 53.5 Å². The first-order chi connectivity index (χ1) is 16.0. The zero-order valence-corrected chi connectivity index (χ0v) is 19.1. The molecule has 0 spiro atoms. The molecule has 168 valence electrons. The van der Waals surface area contributed by atoms with E-state index in [1.54, 1.807) is 41.2 Å². The summed E-state index contributed by atoms with van der Waals surface area (Å²) in [6.45, 7) is 4.42. The Hall–Kier alpha value is -3.48. The van der Waals surface area contributed by atoms with E-state index in [0.717, 1.165) is 16.9 Å². The minimum absolute atomic E-state index is 0.170. The summed E-state index contributed by atoms with van der Waals surface area (Å²) in [6.07, 6.45) is 4.28. The maximum absolute atomic E-state index is 12.6. The molecule has 0 unspecified atom stereocenters. The van der Waals surface area contributed by atoms with E-state index in [2.05, 4.69) is 17.0 Å². The van der Waals surface area contributed by atoms with Gasteiger partial charge in [0.25, 0.3) is 5.91 Å². The number of nitrogens with one attached hydrogen (secondary N) is 1. The fourth-order valence-corrected chi connectivity index (χ4v) is 3.68. The minimum Gasteiger partial charge on any atom is -0.485 e. The van der Waals surface area contributed by atoms with Crippen LogP contribution in [-0.4, -0.2) is 15.7 Å². The van der Waals surface area contributed by atoms with Crippen molar-refractivity contribution in [2.75, 3.05) is 5.32 Å². The van der Waals surface area contributed by atoms with E-state index in [-0.39, 0.29) is 12.4 Å². The smallest absolute Gasteiger partial charge is 0.292 e. The average Bonchev–Trinajstić information content (AvgIpc) is 3.45. The molecule has 0 aliphatic carbocycles. The van der Waals surface area contributed by atoms with Crippen molar-refractivity contribution in [1.82, 2.24) is 9.78 Å². The lowest BCUT2D eigenvalue weighted by atomic mass is 10.1. The summed E-state index contributed by atoms with van der Waals surface area (Å²) in [5.74, 6) is 1.46. The number of ether oxygens (including phenoxy) is 1. The highest BCUT2D eigenvalue weighted by Gasteiger charge is 2.14. The second-order valence-corrected chi connectivity index (χ2v) is 8.09. The van der Waals surface area contributed by atoms with Crippen LogP contribution >= 0.6 is 23.2 Å². The number of allylic oxidation sites excluding steroid dienone is 1. The van der Waals surface area contributed by atoms with E-state index < -0.39 is 5.91 Å². The van der Waals surface area contributed by atoms with Gasteiger partial charge in [0.05, 0.1) is 6.54 Å². The zero-order chi connectivity index (χ0) is 23.2. The molecule has 1 N–H and O–H groups in total. The van der Waals surface area contributed by atoms with Gasteiger partial charge in [-0.3, -0.25) is 9.48 Å². The Balaban J connectivity index is 1.35. The Morgan fingerprint density at radius 2 is 1.97 bits per heavy atom. The van der Waals surface area contributed by atoms with Crippen molar-refractivity contribution in [2.24, 2.45) is 0 Å². The average molecular weight is 482 g/mol. The molecule has 2 heterocycles. The van der Waals surface area contributed by atoms with Gasteiger partial charge in [0, 0.05) is 22.3 Å². The Morgan fingerprint density at radius 3 is 2.79 bits per heavy atom. The van der Waals surface area contributed by atoms with Crippen molar-refractivity contribution in [3.05, 3.63) is 112 Å². The molecule has 0 aliphatic heterocycles. The molecule has 2 aromatic heterocycles. The van der Waals surface area contributed by atoms with Crippen LogP contribution in [0.2, 0.25) is 10.0 Å². The number of furan rings is 1. The van der Waals surface area contributed by atoms with Crippen LogP contribution in [0.3, 0.4) is 0 Å². The SMILES string of the molecule is C=CCc1ccccc1OCc1ccc(C(=O)Nc2ccn(Cc3ccc(Cl)cc3Cl)n2)o1. The molecule has 8 heteroatoms. The first kappa shape index (κ1) is 22.7. The fourth-order valence-electron chi connectivity index (χ4n) is 3.21. The number of benzene rings is 2. The molecule has 1 amide bonds.